The quantitative estimate of drug-likeness (QED) is 0.0268. The molecule has 4 N–H and O–H groups in total. The van der Waals surface area contributed by atoms with Gasteiger partial charge in [0.15, 0.2) is 6.29 Å². The number of aliphatic hydroxyl groups excluding tert-OH is 4. The molecule has 1 aliphatic rings. The molecule has 1 saturated heterocycles. The van der Waals surface area contributed by atoms with Crippen molar-refractivity contribution in [1.82, 2.24) is 0 Å². The van der Waals surface area contributed by atoms with E-state index in [1.807, 2.05) is 0 Å². The molecule has 1 rings (SSSR count). The van der Waals surface area contributed by atoms with Gasteiger partial charge in [-0.25, -0.2) is 0 Å². The van der Waals surface area contributed by atoms with E-state index in [2.05, 4.69) is 123 Å². The molecule has 0 aromatic carbocycles. The van der Waals surface area contributed by atoms with Crippen molar-refractivity contribution in [2.24, 2.45) is 0 Å². The van der Waals surface area contributed by atoms with Crippen molar-refractivity contribution in [1.29, 1.82) is 0 Å². The maximum atomic E-state index is 12.8. The molecule has 0 amide bonds. The van der Waals surface area contributed by atoms with E-state index in [9.17, 15) is 25.2 Å². The van der Waals surface area contributed by atoms with Gasteiger partial charge in [0.25, 0.3) is 0 Å². The van der Waals surface area contributed by atoms with Crippen LogP contribution >= 0.6 is 0 Å². The second-order valence-corrected chi connectivity index (χ2v) is 17.2. The van der Waals surface area contributed by atoms with Crippen molar-refractivity contribution in [3.8, 4) is 0 Å². The lowest BCUT2D eigenvalue weighted by atomic mass is 9.99. The molecule has 9 nitrogen and oxygen atoms in total. The normalized spacial score (nSPS) is 20.2. The SMILES string of the molecule is CC/C=C\C/C=C\C/C=C\C/C=C\C/C=C\C/C=C\CCCCCCCCCOCC(COC1OC(CO)C(O)C(O)C1O)OC(=O)CCCCCCCCC/C=C\C/C=C\C/C=C\CC. The van der Waals surface area contributed by atoms with E-state index in [0.29, 0.717) is 13.0 Å². The number of aliphatic hydroxyl groups is 4. The summed E-state index contributed by atoms with van der Waals surface area (Å²) in [4.78, 5) is 12.8. The van der Waals surface area contributed by atoms with E-state index < -0.39 is 43.4 Å². The van der Waals surface area contributed by atoms with Crippen LogP contribution in [0.4, 0.5) is 0 Å². The second kappa shape index (κ2) is 46.9. The third kappa shape index (κ3) is 36.9. The Hall–Kier alpha value is -3.15. The molecule has 6 atom stereocenters. The highest BCUT2D eigenvalue weighted by Gasteiger charge is 2.44. The van der Waals surface area contributed by atoms with Crippen LogP contribution in [0, 0.1) is 0 Å². The maximum absolute atomic E-state index is 12.8. The number of allylic oxidation sites excluding steroid dienone is 18. The van der Waals surface area contributed by atoms with Crippen molar-refractivity contribution in [3.63, 3.8) is 0 Å². The van der Waals surface area contributed by atoms with Gasteiger partial charge in [0.05, 0.1) is 19.8 Å². The first kappa shape index (κ1) is 60.9. The molecule has 1 aliphatic heterocycles. The fourth-order valence-electron chi connectivity index (χ4n) is 7.21. The van der Waals surface area contributed by atoms with Crippen LogP contribution < -0.4 is 0 Å². The summed E-state index contributed by atoms with van der Waals surface area (Å²) in [6.07, 6.45) is 59.7. The van der Waals surface area contributed by atoms with Gasteiger partial charge in [-0.2, -0.15) is 0 Å². The summed E-state index contributed by atoms with van der Waals surface area (Å²) in [6.45, 7) is 4.28. The first-order chi connectivity index (χ1) is 32.4. The standard InChI is InChI=1S/C57H94O9/c1-3-5-7-9-11-13-15-17-19-21-22-23-24-25-26-27-28-29-31-33-35-37-39-41-43-45-47-63-49-51(50-64-57-56(62)55(61)54(60)52(48-58)66-57)65-53(59)46-44-42-40-38-36-34-32-30-20-18-16-14-12-10-8-6-4-2/h5-8,11-14,17-20,22-23,25-26,28-29,51-52,54-58,60-62H,3-4,9-10,15-16,21,24,27,30-50H2,1-2H3/b7-5-,8-6-,13-11-,14-12-,19-17-,20-18-,23-22-,26-25-,29-28-. The Morgan fingerprint density at radius 2 is 0.879 bits per heavy atom. The zero-order valence-corrected chi connectivity index (χ0v) is 41.4. The molecule has 0 bridgehead atoms. The van der Waals surface area contributed by atoms with Crippen LogP contribution in [0.1, 0.15) is 181 Å². The molecule has 0 aromatic heterocycles. The van der Waals surface area contributed by atoms with Crippen LogP contribution in [0.15, 0.2) is 109 Å². The highest BCUT2D eigenvalue weighted by atomic mass is 16.7. The molecule has 376 valence electrons. The number of hydrogen-bond acceptors (Lipinski definition) is 9. The van der Waals surface area contributed by atoms with Crippen LogP contribution in [0.3, 0.4) is 0 Å². The van der Waals surface area contributed by atoms with E-state index in [-0.39, 0.29) is 19.2 Å². The fraction of sp³-hybridized carbons (Fsp3) is 0.667. The van der Waals surface area contributed by atoms with Gasteiger partial charge >= 0.3 is 5.97 Å². The number of hydrogen-bond donors (Lipinski definition) is 4. The number of unbranched alkanes of at least 4 members (excludes halogenated alkanes) is 14. The van der Waals surface area contributed by atoms with Crippen molar-refractivity contribution in [2.75, 3.05) is 26.4 Å². The number of carbonyl (C=O) groups is 1. The van der Waals surface area contributed by atoms with E-state index in [0.717, 1.165) is 116 Å². The van der Waals surface area contributed by atoms with Crippen LogP contribution in [-0.2, 0) is 23.7 Å². The van der Waals surface area contributed by atoms with Gasteiger partial charge in [-0.3, -0.25) is 4.79 Å². The fourth-order valence-corrected chi connectivity index (χ4v) is 7.21. The average Bonchev–Trinajstić information content (AvgIpc) is 3.32. The van der Waals surface area contributed by atoms with Gasteiger partial charge in [-0.1, -0.05) is 187 Å². The van der Waals surface area contributed by atoms with Gasteiger partial charge < -0.3 is 39.4 Å². The van der Waals surface area contributed by atoms with Gasteiger partial charge in [-0.15, -0.1) is 0 Å². The number of ether oxygens (including phenoxy) is 4. The minimum absolute atomic E-state index is 0.125. The lowest BCUT2D eigenvalue weighted by Crippen LogP contribution is -2.59. The summed E-state index contributed by atoms with van der Waals surface area (Å²) in [5.74, 6) is -0.333. The van der Waals surface area contributed by atoms with Crippen LogP contribution in [0.5, 0.6) is 0 Å². The molecule has 66 heavy (non-hydrogen) atoms. The van der Waals surface area contributed by atoms with Gasteiger partial charge in [0.1, 0.15) is 30.5 Å². The van der Waals surface area contributed by atoms with Crippen LogP contribution in [-0.4, -0.2) is 89.6 Å². The zero-order valence-electron chi connectivity index (χ0n) is 41.4. The lowest BCUT2D eigenvalue weighted by molar-refractivity contribution is -0.305. The Morgan fingerprint density at radius 1 is 0.485 bits per heavy atom. The first-order valence-electron chi connectivity index (χ1n) is 26.0. The average molecular weight is 923 g/mol. The molecule has 0 spiro atoms. The Morgan fingerprint density at radius 3 is 1.32 bits per heavy atom. The molecular weight excluding hydrogens is 829 g/mol. The molecule has 1 fully saturated rings. The minimum atomic E-state index is -1.55. The molecule has 0 saturated carbocycles. The number of rotatable bonds is 43. The van der Waals surface area contributed by atoms with Crippen LogP contribution in [0.2, 0.25) is 0 Å². The third-order valence-corrected chi connectivity index (χ3v) is 11.2. The lowest BCUT2D eigenvalue weighted by Gasteiger charge is -2.39. The molecule has 0 aliphatic carbocycles. The summed E-state index contributed by atoms with van der Waals surface area (Å²) in [5, 5.41) is 40.3. The van der Waals surface area contributed by atoms with Gasteiger partial charge in [0, 0.05) is 13.0 Å². The van der Waals surface area contributed by atoms with E-state index >= 15 is 0 Å². The van der Waals surface area contributed by atoms with Crippen molar-refractivity contribution >= 4 is 5.97 Å². The van der Waals surface area contributed by atoms with Gasteiger partial charge in [-0.05, 0) is 96.3 Å². The third-order valence-electron chi connectivity index (χ3n) is 11.2. The minimum Gasteiger partial charge on any atom is -0.457 e. The molecule has 0 radical (unpaired) electrons. The van der Waals surface area contributed by atoms with Crippen molar-refractivity contribution < 1.29 is 44.2 Å². The summed E-state index contributed by atoms with van der Waals surface area (Å²) in [5.41, 5.74) is 0. The van der Waals surface area contributed by atoms with Crippen molar-refractivity contribution in [3.05, 3.63) is 109 Å². The Bertz CT molecular complexity index is 1370. The van der Waals surface area contributed by atoms with Crippen molar-refractivity contribution in [2.45, 2.75) is 218 Å². The molecule has 9 heteroatoms. The number of carbonyl (C=O) groups excluding carboxylic acids is 1. The highest BCUT2D eigenvalue weighted by molar-refractivity contribution is 5.69. The maximum Gasteiger partial charge on any atom is 0.306 e. The summed E-state index contributed by atoms with van der Waals surface area (Å²) in [6, 6.07) is 0. The van der Waals surface area contributed by atoms with Gasteiger partial charge in [0.2, 0.25) is 0 Å². The molecule has 6 unspecified atom stereocenters. The Balaban J connectivity index is 2.22. The number of esters is 1. The summed E-state index contributed by atoms with van der Waals surface area (Å²) in [7, 11) is 0. The molecule has 0 aromatic rings. The first-order valence-corrected chi connectivity index (χ1v) is 26.0. The molecule has 1 heterocycles. The summed E-state index contributed by atoms with van der Waals surface area (Å²) < 4.78 is 22.9. The topological polar surface area (TPSA) is 135 Å². The highest BCUT2D eigenvalue weighted by Crippen LogP contribution is 2.22. The summed E-state index contributed by atoms with van der Waals surface area (Å²) >= 11 is 0. The van der Waals surface area contributed by atoms with E-state index in [4.69, 9.17) is 18.9 Å². The predicted molar refractivity (Wildman–Crippen MR) is 274 cm³/mol. The second-order valence-electron chi connectivity index (χ2n) is 17.2. The van der Waals surface area contributed by atoms with E-state index in [1.54, 1.807) is 0 Å². The Labute approximate surface area is 402 Å². The smallest absolute Gasteiger partial charge is 0.306 e. The Kier molecular flexibility index (Phi) is 43.3. The van der Waals surface area contributed by atoms with Crippen LogP contribution in [0.25, 0.3) is 0 Å². The van der Waals surface area contributed by atoms with E-state index in [1.165, 1.54) is 44.9 Å². The largest absolute Gasteiger partial charge is 0.457 e. The predicted octanol–water partition coefficient (Wildman–Crippen LogP) is 12.9. The monoisotopic (exact) mass is 923 g/mol. The molecular formula is C57H94O9. The zero-order chi connectivity index (χ0) is 47.8.